The van der Waals surface area contributed by atoms with Crippen LogP contribution in [0.1, 0.15) is 138 Å². The second-order valence-electron chi connectivity index (χ2n) is 25.1. The fourth-order valence-corrected chi connectivity index (χ4v) is 9.57. The number of aromatic nitrogens is 2. The number of carbonyl (C=O) groups excluding carboxylic acids is 14. The van der Waals surface area contributed by atoms with Gasteiger partial charge in [0.1, 0.15) is 78.5 Å². The molecule has 39 nitrogen and oxygen atoms in total. The molecule has 0 radical (unpaired) electrons. The lowest BCUT2D eigenvalue weighted by Crippen LogP contribution is -2.61. The van der Waals surface area contributed by atoms with Crippen molar-refractivity contribution >= 4 is 101 Å². The minimum atomic E-state index is -1.83. The Bertz CT molecular complexity index is 3260. The first-order valence-corrected chi connectivity index (χ1v) is 33.5. The number of aliphatic imine (C=N–C) groups is 1. The molecule has 572 valence electrons. The Morgan fingerprint density at radius 1 is 0.447 bits per heavy atom. The van der Waals surface area contributed by atoms with Gasteiger partial charge < -0.3 is 112 Å². The third kappa shape index (κ3) is 33.9. The van der Waals surface area contributed by atoms with E-state index in [4.69, 9.17) is 28.0 Å². The number of amides is 14. The molecule has 0 aliphatic heterocycles. The number of rotatable bonds is 47. The lowest BCUT2D eigenvalue weighted by Gasteiger charge is -2.28. The molecule has 103 heavy (non-hydrogen) atoms. The summed E-state index contributed by atoms with van der Waals surface area (Å²) < 4.78 is 0. The van der Waals surface area contributed by atoms with Crippen LogP contribution in [0.5, 0.6) is 0 Å². The lowest BCUT2D eigenvalue weighted by molar-refractivity contribution is -0.140. The van der Waals surface area contributed by atoms with Gasteiger partial charge in [-0.2, -0.15) is 0 Å². The molecule has 1 aromatic carbocycles. The first-order chi connectivity index (χ1) is 48.3. The first kappa shape index (κ1) is 88.2. The number of carboxylic acids is 2. The smallest absolute Gasteiger partial charge is 0.303 e. The van der Waals surface area contributed by atoms with Crippen LogP contribution in [-0.4, -0.2) is 224 Å². The molecule has 0 spiro atoms. The highest BCUT2D eigenvalue weighted by molar-refractivity contribution is 6.00. The first-order valence-electron chi connectivity index (χ1n) is 33.5. The monoisotopic (exact) mass is 1450 g/mol. The van der Waals surface area contributed by atoms with Crippen molar-refractivity contribution in [3.63, 3.8) is 0 Å². The van der Waals surface area contributed by atoms with E-state index in [0.717, 1.165) is 6.92 Å². The maximum atomic E-state index is 14.6. The molecule has 0 aliphatic carbocycles. The van der Waals surface area contributed by atoms with Crippen molar-refractivity contribution in [3.05, 3.63) is 54.1 Å². The minimum absolute atomic E-state index is 0.0111. The Balaban J connectivity index is 2.32. The number of H-pyrrole nitrogens is 1. The Morgan fingerprint density at radius 3 is 1.35 bits per heavy atom. The van der Waals surface area contributed by atoms with Gasteiger partial charge in [0.05, 0.1) is 18.9 Å². The fraction of sp³-hybridized carbons (Fsp3) is 0.594. The molecule has 14 atom stereocenters. The highest BCUT2D eigenvalue weighted by Crippen LogP contribution is 2.13. The van der Waals surface area contributed by atoms with E-state index >= 15 is 0 Å². The zero-order valence-electron chi connectivity index (χ0n) is 59.2. The van der Waals surface area contributed by atoms with Crippen molar-refractivity contribution in [2.45, 2.75) is 224 Å². The van der Waals surface area contributed by atoms with Crippen LogP contribution < -0.4 is 92.1 Å². The number of guanidine groups is 1. The van der Waals surface area contributed by atoms with Gasteiger partial charge in [-0.1, -0.05) is 44.2 Å². The molecule has 0 fully saturated rings. The molecular formula is C64H102N20O19. The van der Waals surface area contributed by atoms with E-state index in [2.05, 4.69) is 84.1 Å². The number of nitrogens with zero attached hydrogens (tertiary/aromatic N) is 2. The third-order valence-corrected chi connectivity index (χ3v) is 15.5. The highest BCUT2D eigenvalue weighted by atomic mass is 16.4. The number of nitrogens with two attached hydrogens (primary N) is 4. The summed E-state index contributed by atoms with van der Waals surface area (Å²) in [4.78, 5) is 222. The Labute approximate surface area is 594 Å². The summed E-state index contributed by atoms with van der Waals surface area (Å²) in [5, 5.41) is 60.7. The summed E-state index contributed by atoms with van der Waals surface area (Å²) in [6, 6.07) is -10.0. The number of carbonyl (C=O) groups is 16. The van der Waals surface area contributed by atoms with Crippen molar-refractivity contribution in [3.8, 4) is 0 Å². The maximum Gasteiger partial charge on any atom is 0.303 e. The van der Waals surface area contributed by atoms with Crippen molar-refractivity contribution < 1.29 is 92.0 Å². The van der Waals surface area contributed by atoms with Crippen LogP contribution in [0.4, 0.5) is 0 Å². The van der Waals surface area contributed by atoms with Gasteiger partial charge in [0.15, 0.2) is 5.96 Å². The van der Waals surface area contributed by atoms with Crippen LogP contribution in [0.3, 0.4) is 0 Å². The number of aromatic amines is 1. The number of primary amides is 1. The van der Waals surface area contributed by atoms with Crippen molar-refractivity contribution in [2.24, 2.45) is 33.8 Å². The van der Waals surface area contributed by atoms with Crippen molar-refractivity contribution in [1.82, 2.24) is 79.1 Å². The largest absolute Gasteiger partial charge is 0.481 e. The van der Waals surface area contributed by atoms with E-state index in [1.54, 1.807) is 44.2 Å². The number of aliphatic carboxylic acids is 2. The Morgan fingerprint density at radius 2 is 0.854 bits per heavy atom. The van der Waals surface area contributed by atoms with Crippen LogP contribution >= 0.6 is 0 Å². The van der Waals surface area contributed by atoms with Crippen LogP contribution in [0.15, 0.2) is 47.8 Å². The molecule has 39 heteroatoms. The molecule has 0 saturated heterocycles. The Kier molecular flexibility index (Phi) is 38.6. The van der Waals surface area contributed by atoms with E-state index in [0.29, 0.717) is 17.7 Å². The third-order valence-electron chi connectivity index (χ3n) is 15.5. The number of nitrogens with one attached hydrogen (secondary N) is 14. The van der Waals surface area contributed by atoms with Crippen molar-refractivity contribution in [2.75, 3.05) is 13.1 Å². The van der Waals surface area contributed by atoms with Crippen LogP contribution in [0, 0.1) is 5.92 Å². The normalized spacial score (nSPS) is 15.1. The van der Waals surface area contributed by atoms with Crippen molar-refractivity contribution in [1.29, 1.82) is 0 Å². The number of benzene rings is 1. The summed E-state index contributed by atoms with van der Waals surface area (Å²) in [6.07, 6.45) is -0.762. The maximum absolute atomic E-state index is 14.6. The summed E-state index contributed by atoms with van der Waals surface area (Å²) in [7, 11) is 0. The van der Waals surface area contributed by atoms with E-state index in [9.17, 15) is 86.9 Å². The van der Waals surface area contributed by atoms with E-state index < -0.39 is 205 Å². The van der Waals surface area contributed by atoms with Gasteiger partial charge in [0, 0.05) is 44.1 Å². The summed E-state index contributed by atoms with van der Waals surface area (Å²) in [6.45, 7) is 12.4. The van der Waals surface area contributed by atoms with Gasteiger partial charge in [-0.25, -0.2) is 4.98 Å². The molecule has 0 saturated carbocycles. The second kappa shape index (κ2) is 45.1. The van der Waals surface area contributed by atoms with Gasteiger partial charge >= 0.3 is 11.9 Å². The number of hydrogen-bond donors (Lipinski definition) is 21. The van der Waals surface area contributed by atoms with Gasteiger partial charge in [-0.15, -0.1) is 0 Å². The van der Waals surface area contributed by atoms with E-state index in [1.165, 1.54) is 54.1 Å². The van der Waals surface area contributed by atoms with Gasteiger partial charge in [0.2, 0.25) is 82.7 Å². The summed E-state index contributed by atoms with van der Waals surface area (Å²) in [5.74, 6) is -16.0. The van der Waals surface area contributed by atoms with Gasteiger partial charge in [-0.3, -0.25) is 81.7 Å². The number of aliphatic hydroxyl groups is 1. The predicted octanol–water partition coefficient (Wildman–Crippen LogP) is -6.56. The molecule has 1 heterocycles. The number of hydrogen-bond acceptors (Lipinski definition) is 20. The summed E-state index contributed by atoms with van der Waals surface area (Å²) >= 11 is 0. The fourth-order valence-electron chi connectivity index (χ4n) is 9.57. The topological polar surface area (TPSA) is 635 Å². The SMILES string of the molecule is CC(C)C[C@H](NC(=O)[C@H](Cc1ccccc1)NC(=O)[C@H](CCCCN)NC(=O)[C@H](C)NC(=O)[C@H](C)NC(=O)[C@H](C)NC(=O)[C@@H](NC(=O)[C@H](CCC(=O)O)NC(=O)[C@H](C)NC(=O)CCC(=O)O)[C@@H](C)O)C(=O)N[C@@H](CCCN=C(N)N)C(=O)N[C@@H](C)C(=O)N[C@@H](Cc1cnc[nH]1)C(=O)N[C@@H](C)C(N)=O. The molecular weight excluding hydrogens is 1350 g/mol. The van der Waals surface area contributed by atoms with E-state index in [-0.39, 0.29) is 69.9 Å². The number of unbranched alkanes of at least 4 members (excludes halogenated alkanes) is 1. The zero-order chi connectivity index (χ0) is 77.8. The molecule has 25 N–H and O–H groups in total. The highest BCUT2D eigenvalue weighted by Gasteiger charge is 2.37. The van der Waals surface area contributed by atoms with Gasteiger partial charge in [-0.05, 0) is 111 Å². The second-order valence-corrected chi connectivity index (χ2v) is 25.1. The summed E-state index contributed by atoms with van der Waals surface area (Å²) in [5.41, 5.74) is 23.2. The predicted molar refractivity (Wildman–Crippen MR) is 368 cm³/mol. The molecule has 2 aromatic rings. The Hall–Kier alpha value is -10.9. The number of carboxylic acid groups (broad SMARTS) is 2. The van der Waals surface area contributed by atoms with Crippen LogP contribution in [0.25, 0.3) is 0 Å². The molecule has 1 aromatic heterocycles. The molecule has 2 rings (SSSR count). The average Bonchev–Trinajstić information content (AvgIpc) is 1.07. The van der Waals surface area contributed by atoms with Gasteiger partial charge in [0.25, 0.3) is 0 Å². The lowest BCUT2D eigenvalue weighted by atomic mass is 10.00. The molecule has 14 amide bonds. The quantitative estimate of drug-likeness (QED) is 0.0166. The molecule has 0 aliphatic rings. The minimum Gasteiger partial charge on any atom is -0.481 e. The number of aliphatic hydroxyl groups excluding tert-OH is 1. The van der Waals surface area contributed by atoms with E-state index in [1.807, 2.05) is 0 Å². The average molecular weight is 1460 g/mol. The van der Waals surface area contributed by atoms with Crippen LogP contribution in [-0.2, 0) is 89.6 Å². The molecule has 0 bridgehead atoms. The number of imidazole rings is 1. The molecule has 0 unspecified atom stereocenters. The zero-order valence-corrected chi connectivity index (χ0v) is 59.2. The van der Waals surface area contributed by atoms with Crippen LogP contribution in [0.2, 0.25) is 0 Å². The standard InChI is InChI=1S/C64H102N20O19/c1-31(2)26-44(61(101)80-42(19-15-25-70-64(67)68)57(97)76-37(8)56(96)81-46(28-40-29-69-30-71-40)60(100)73-32(3)51(66)91)82-62(102)45(27-39-16-11-10-12-17-39)83-58(98)41(18-13-14-24-65)78-55(95)36(7)75-52(92)34(5)74-53(93)35(6)77-63(103)50(38(9)85)84-59(99)43(20-22-48(87)88)79-54(94)33(4)72-47(86)21-23-49(89)90/h10-12,16-17,29-38,41-46,50,85H,13-15,18-28,65H2,1-9H3,(H2,66,91)(H,69,71)(H,72,86)(H,73,100)(H,74,93)(H,75,92)(H,76,97)(H,77,103)(H,78,95)(H,79,94)(H,80,101)(H,81,96)(H,82,102)(H,83,98)(H,84,99)(H,87,88)(H,89,90)(H4,67,68,70)/t32-,33-,34-,35-,36-,37-,38+,41-,42-,43-,44-,45-,46-,50-/m0/s1.